The molecule has 0 saturated heterocycles. The number of hydrogen-bond acceptors (Lipinski definition) is 2. The third-order valence-corrected chi connectivity index (χ3v) is 2.97. The van der Waals surface area contributed by atoms with E-state index >= 15 is 0 Å². The number of amides is 1. The molecule has 0 aliphatic heterocycles. The number of carbonyl (C=O) groups is 1. The predicted molar refractivity (Wildman–Crippen MR) is 69.8 cm³/mol. The fraction of sp³-hybridized carbons (Fsp3) is 0.0714. The molecule has 2 aromatic rings. The van der Waals surface area contributed by atoms with Crippen molar-refractivity contribution in [2.75, 3.05) is 11.1 Å². The Morgan fingerprint density at radius 3 is 2.24 bits per heavy atom. The molecule has 0 aliphatic carbocycles. The van der Waals surface area contributed by atoms with Crippen LogP contribution in [0.3, 0.4) is 0 Å². The molecule has 0 aromatic heterocycles. The zero-order valence-electron chi connectivity index (χ0n) is 10.8. The Morgan fingerprint density at radius 1 is 1.10 bits per heavy atom. The van der Waals surface area contributed by atoms with Crippen LogP contribution in [0.1, 0.15) is 15.9 Å². The van der Waals surface area contributed by atoms with Gasteiger partial charge in [0.1, 0.15) is 5.69 Å². The normalized spacial score (nSPS) is 10.5. The number of nitrogen functional groups attached to an aromatic ring is 1. The molecule has 21 heavy (non-hydrogen) atoms. The standard InChI is InChI=1S/C14H10F4N2O/c1-6-7(3-2-4-10(6)19)14(21)20-13-11(17)8(15)5-9(16)12(13)18/h2-5H,19H2,1H3,(H,20,21). The highest BCUT2D eigenvalue weighted by molar-refractivity contribution is 6.06. The number of nitrogens with two attached hydrogens (primary N) is 1. The average molecular weight is 298 g/mol. The van der Waals surface area contributed by atoms with Crippen molar-refractivity contribution in [1.29, 1.82) is 0 Å². The monoisotopic (exact) mass is 298 g/mol. The molecular formula is C14H10F4N2O. The lowest BCUT2D eigenvalue weighted by Gasteiger charge is -2.11. The molecule has 0 saturated carbocycles. The van der Waals surface area contributed by atoms with Crippen LogP contribution in [0.2, 0.25) is 0 Å². The topological polar surface area (TPSA) is 55.1 Å². The summed E-state index contributed by atoms with van der Waals surface area (Å²) in [5, 5.41) is 1.82. The molecule has 2 rings (SSSR count). The summed E-state index contributed by atoms with van der Waals surface area (Å²) < 4.78 is 53.1. The Balaban J connectivity index is 2.43. The Labute approximate surface area is 117 Å². The minimum absolute atomic E-state index is 0.0402. The number of halogens is 4. The minimum atomic E-state index is -1.68. The van der Waals surface area contributed by atoms with Crippen molar-refractivity contribution in [3.05, 3.63) is 58.7 Å². The number of hydrogen-bond donors (Lipinski definition) is 2. The molecular weight excluding hydrogens is 288 g/mol. The number of rotatable bonds is 2. The summed E-state index contributed by atoms with van der Waals surface area (Å²) in [5.41, 5.74) is 5.15. The second kappa shape index (κ2) is 5.43. The van der Waals surface area contributed by atoms with Gasteiger partial charge in [-0.2, -0.15) is 0 Å². The van der Waals surface area contributed by atoms with E-state index in [1.54, 1.807) is 0 Å². The second-order valence-electron chi connectivity index (χ2n) is 4.32. The molecule has 3 N–H and O–H groups in total. The average Bonchev–Trinajstić information content (AvgIpc) is 2.44. The van der Waals surface area contributed by atoms with E-state index in [0.29, 0.717) is 11.3 Å². The van der Waals surface area contributed by atoms with Crippen molar-refractivity contribution in [2.24, 2.45) is 0 Å². The molecule has 0 bridgehead atoms. The fourth-order valence-electron chi connectivity index (χ4n) is 1.76. The molecule has 7 heteroatoms. The quantitative estimate of drug-likeness (QED) is 0.507. The van der Waals surface area contributed by atoms with Gasteiger partial charge in [-0.25, -0.2) is 17.6 Å². The van der Waals surface area contributed by atoms with Gasteiger partial charge in [0.05, 0.1) is 0 Å². The van der Waals surface area contributed by atoms with E-state index in [4.69, 9.17) is 5.73 Å². The number of anilines is 2. The maximum atomic E-state index is 13.5. The van der Waals surface area contributed by atoms with E-state index < -0.39 is 34.9 Å². The third kappa shape index (κ3) is 2.67. The van der Waals surface area contributed by atoms with Crippen LogP contribution in [-0.4, -0.2) is 5.91 Å². The van der Waals surface area contributed by atoms with E-state index in [0.717, 1.165) is 0 Å². The first-order valence-electron chi connectivity index (χ1n) is 5.82. The lowest BCUT2D eigenvalue weighted by Crippen LogP contribution is -2.17. The van der Waals surface area contributed by atoms with Gasteiger partial charge in [0.2, 0.25) is 0 Å². The third-order valence-electron chi connectivity index (χ3n) is 2.97. The number of carbonyl (C=O) groups excluding carboxylic acids is 1. The molecule has 0 radical (unpaired) electrons. The summed E-state index contributed by atoms with van der Waals surface area (Å²) in [5.74, 6) is -7.49. The smallest absolute Gasteiger partial charge is 0.256 e. The van der Waals surface area contributed by atoms with E-state index in [9.17, 15) is 22.4 Å². The van der Waals surface area contributed by atoms with Gasteiger partial charge in [0, 0.05) is 17.3 Å². The van der Waals surface area contributed by atoms with Gasteiger partial charge in [-0.1, -0.05) is 6.07 Å². The highest BCUT2D eigenvalue weighted by Gasteiger charge is 2.22. The van der Waals surface area contributed by atoms with Gasteiger partial charge in [0.25, 0.3) is 5.91 Å². The summed E-state index contributed by atoms with van der Waals surface area (Å²) in [6, 6.07) is 4.43. The summed E-state index contributed by atoms with van der Waals surface area (Å²) in [6.45, 7) is 1.53. The molecule has 110 valence electrons. The lowest BCUT2D eigenvalue weighted by atomic mass is 10.1. The van der Waals surface area contributed by atoms with Crippen molar-refractivity contribution in [1.82, 2.24) is 0 Å². The van der Waals surface area contributed by atoms with Gasteiger partial charge in [0.15, 0.2) is 23.3 Å². The summed E-state index contributed by atoms with van der Waals surface area (Å²) in [6.07, 6.45) is 0. The van der Waals surface area contributed by atoms with E-state index in [-0.39, 0.29) is 11.6 Å². The second-order valence-corrected chi connectivity index (χ2v) is 4.32. The van der Waals surface area contributed by atoms with Crippen molar-refractivity contribution in [2.45, 2.75) is 6.92 Å². The fourth-order valence-corrected chi connectivity index (χ4v) is 1.76. The highest BCUT2D eigenvalue weighted by atomic mass is 19.2. The largest absolute Gasteiger partial charge is 0.398 e. The number of benzene rings is 2. The van der Waals surface area contributed by atoms with Crippen LogP contribution in [0.4, 0.5) is 28.9 Å². The highest BCUT2D eigenvalue weighted by Crippen LogP contribution is 2.25. The van der Waals surface area contributed by atoms with Gasteiger partial charge < -0.3 is 11.1 Å². The first-order valence-corrected chi connectivity index (χ1v) is 5.82. The van der Waals surface area contributed by atoms with E-state index in [2.05, 4.69) is 0 Å². The van der Waals surface area contributed by atoms with Crippen molar-refractivity contribution in [3.63, 3.8) is 0 Å². The molecule has 2 aromatic carbocycles. The van der Waals surface area contributed by atoms with Gasteiger partial charge in [-0.3, -0.25) is 4.79 Å². The van der Waals surface area contributed by atoms with Crippen molar-refractivity contribution >= 4 is 17.3 Å². The maximum absolute atomic E-state index is 13.5. The first kappa shape index (κ1) is 14.8. The summed E-state index contributed by atoms with van der Waals surface area (Å²) in [7, 11) is 0. The van der Waals surface area contributed by atoms with Gasteiger partial charge >= 0.3 is 0 Å². The van der Waals surface area contributed by atoms with E-state index in [1.807, 2.05) is 5.32 Å². The molecule has 0 unspecified atom stereocenters. The minimum Gasteiger partial charge on any atom is -0.398 e. The van der Waals surface area contributed by atoms with Gasteiger partial charge in [-0.15, -0.1) is 0 Å². The van der Waals surface area contributed by atoms with Crippen molar-refractivity contribution < 1.29 is 22.4 Å². The molecule has 3 nitrogen and oxygen atoms in total. The van der Waals surface area contributed by atoms with Crippen molar-refractivity contribution in [3.8, 4) is 0 Å². The van der Waals surface area contributed by atoms with E-state index in [1.165, 1.54) is 25.1 Å². The van der Waals surface area contributed by atoms with Crippen LogP contribution >= 0.6 is 0 Å². The SMILES string of the molecule is Cc1c(N)cccc1C(=O)Nc1c(F)c(F)cc(F)c1F. The summed E-state index contributed by atoms with van der Waals surface area (Å²) >= 11 is 0. The predicted octanol–water partition coefficient (Wildman–Crippen LogP) is 3.39. The maximum Gasteiger partial charge on any atom is 0.256 e. The van der Waals surface area contributed by atoms with Crippen LogP contribution < -0.4 is 11.1 Å². The Bertz CT molecular complexity index is 705. The zero-order valence-corrected chi connectivity index (χ0v) is 10.8. The summed E-state index contributed by atoms with van der Waals surface area (Å²) in [4.78, 5) is 12.0. The number of nitrogens with one attached hydrogen (secondary N) is 1. The Hall–Kier alpha value is -2.57. The van der Waals surface area contributed by atoms with Crippen LogP contribution in [0.5, 0.6) is 0 Å². The molecule has 0 heterocycles. The Kier molecular flexibility index (Phi) is 3.84. The van der Waals surface area contributed by atoms with Crippen LogP contribution in [0.25, 0.3) is 0 Å². The Morgan fingerprint density at radius 2 is 1.67 bits per heavy atom. The molecule has 0 spiro atoms. The van der Waals surface area contributed by atoms with Crippen LogP contribution in [0, 0.1) is 30.2 Å². The molecule has 0 fully saturated rings. The molecule has 0 aliphatic rings. The first-order chi connectivity index (χ1) is 9.82. The van der Waals surface area contributed by atoms with Crippen LogP contribution in [-0.2, 0) is 0 Å². The molecule has 0 atom stereocenters. The van der Waals surface area contributed by atoms with Crippen LogP contribution in [0.15, 0.2) is 24.3 Å². The van der Waals surface area contributed by atoms with Gasteiger partial charge in [-0.05, 0) is 24.6 Å². The lowest BCUT2D eigenvalue weighted by molar-refractivity contribution is 0.102. The molecule has 1 amide bonds. The zero-order chi connectivity index (χ0) is 15.7.